The van der Waals surface area contributed by atoms with Gasteiger partial charge >= 0.3 is 19.8 Å². The van der Waals surface area contributed by atoms with Gasteiger partial charge in [0.05, 0.1) is 13.2 Å². The summed E-state index contributed by atoms with van der Waals surface area (Å²) >= 11 is 0. The number of carboxylic acids is 1. The highest BCUT2D eigenvalue weighted by atomic mass is 31.2. The number of unbranched alkanes of at least 4 members (excludes halogenated alkanes) is 12. The number of carbonyl (C=O) groups excluding carboxylic acids is 2. The highest BCUT2D eigenvalue weighted by Crippen LogP contribution is 2.43. The molecule has 256 valence electrons. The van der Waals surface area contributed by atoms with Crippen molar-refractivity contribution in [2.75, 3.05) is 19.8 Å². The molecule has 0 saturated heterocycles. The number of esters is 1. The van der Waals surface area contributed by atoms with Crippen LogP contribution in [0.4, 0.5) is 0 Å². The zero-order valence-electron chi connectivity index (χ0n) is 27.0. The second kappa shape index (κ2) is 28.4. The Bertz CT molecular complexity index is 864. The summed E-state index contributed by atoms with van der Waals surface area (Å²) in [6.07, 6.45) is 23.9. The number of phosphoric acid groups is 1. The lowest BCUT2D eigenvalue weighted by Gasteiger charge is -2.18. The maximum absolute atomic E-state index is 12.1. The average molecular weight is 648 g/mol. The van der Waals surface area contributed by atoms with Gasteiger partial charge in [-0.3, -0.25) is 18.6 Å². The van der Waals surface area contributed by atoms with E-state index in [1.165, 1.54) is 12.8 Å². The number of amides is 1. The second-order valence-electron chi connectivity index (χ2n) is 11.0. The molecule has 0 saturated carbocycles. The largest absolute Gasteiger partial charge is 0.480 e. The monoisotopic (exact) mass is 647 g/mol. The number of carbonyl (C=O) groups is 3. The third-order valence-electron chi connectivity index (χ3n) is 6.72. The molecule has 0 fully saturated rings. The van der Waals surface area contributed by atoms with E-state index in [0.717, 1.165) is 77.0 Å². The Balaban J connectivity index is 4.02. The van der Waals surface area contributed by atoms with Crippen LogP contribution in [0.15, 0.2) is 24.3 Å². The van der Waals surface area contributed by atoms with Gasteiger partial charge in [-0.2, -0.15) is 0 Å². The summed E-state index contributed by atoms with van der Waals surface area (Å²) in [5.41, 5.74) is 0. The molecular formula is C32H58NO10P. The van der Waals surface area contributed by atoms with E-state index in [9.17, 15) is 34.1 Å². The van der Waals surface area contributed by atoms with Crippen molar-refractivity contribution >= 4 is 25.7 Å². The molecule has 3 atom stereocenters. The third-order valence-corrected chi connectivity index (χ3v) is 7.68. The summed E-state index contributed by atoms with van der Waals surface area (Å²) in [5.74, 6) is -2.40. The first-order valence-electron chi connectivity index (χ1n) is 16.4. The summed E-state index contributed by atoms with van der Waals surface area (Å²) in [6.45, 7) is 2.40. The molecule has 0 aromatic heterocycles. The van der Waals surface area contributed by atoms with Crippen molar-refractivity contribution in [1.82, 2.24) is 5.32 Å². The minimum atomic E-state index is -4.74. The van der Waals surface area contributed by atoms with Crippen molar-refractivity contribution in [3.05, 3.63) is 24.3 Å². The third kappa shape index (κ3) is 27.5. The Morgan fingerprint density at radius 1 is 0.727 bits per heavy atom. The van der Waals surface area contributed by atoms with Crippen molar-refractivity contribution < 1.29 is 47.8 Å². The van der Waals surface area contributed by atoms with Crippen LogP contribution in [0.25, 0.3) is 0 Å². The zero-order valence-corrected chi connectivity index (χ0v) is 27.9. The Labute approximate surface area is 264 Å². The van der Waals surface area contributed by atoms with Crippen LogP contribution in [-0.2, 0) is 32.7 Å². The number of ether oxygens (including phenoxy) is 1. The summed E-state index contributed by atoms with van der Waals surface area (Å²) in [5, 5.41) is 21.5. The van der Waals surface area contributed by atoms with Crippen LogP contribution in [0.2, 0.25) is 0 Å². The molecular weight excluding hydrogens is 589 g/mol. The van der Waals surface area contributed by atoms with E-state index < -0.39 is 57.6 Å². The molecule has 0 aliphatic rings. The van der Waals surface area contributed by atoms with Crippen molar-refractivity contribution in [1.29, 1.82) is 0 Å². The van der Waals surface area contributed by atoms with Crippen molar-refractivity contribution in [3.63, 3.8) is 0 Å². The normalized spacial score (nSPS) is 14.5. The number of aliphatic hydroxyl groups excluding tert-OH is 1. The number of aliphatic carboxylic acids is 1. The molecule has 0 radical (unpaired) electrons. The molecule has 0 bridgehead atoms. The van der Waals surface area contributed by atoms with Gasteiger partial charge in [0.2, 0.25) is 5.91 Å². The van der Waals surface area contributed by atoms with E-state index in [0.29, 0.717) is 12.8 Å². The van der Waals surface area contributed by atoms with Gasteiger partial charge in [0, 0.05) is 12.8 Å². The lowest BCUT2D eigenvalue weighted by atomic mass is 10.1. The molecule has 0 heterocycles. The van der Waals surface area contributed by atoms with Gasteiger partial charge in [-0.15, -0.1) is 0 Å². The van der Waals surface area contributed by atoms with Crippen LogP contribution in [0.5, 0.6) is 0 Å². The molecule has 0 rings (SSSR count). The maximum Gasteiger partial charge on any atom is 0.472 e. The molecule has 4 N–H and O–H groups in total. The Morgan fingerprint density at radius 2 is 1.30 bits per heavy atom. The van der Waals surface area contributed by atoms with E-state index >= 15 is 0 Å². The van der Waals surface area contributed by atoms with Crippen LogP contribution in [0.3, 0.4) is 0 Å². The molecule has 44 heavy (non-hydrogen) atoms. The molecule has 0 aromatic rings. The van der Waals surface area contributed by atoms with Crippen LogP contribution in [0, 0.1) is 0 Å². The number of aliphatic hydroxyl groups is 1. The van der Waals surface area contributed by atoms with Gasteiger partial charge in [-0.1, -0.05) is 102 Å². The Morgan fingerprint density at radius 3 is 1.93 bits per heavy atom. The van der Waals surface area contributed by atoms with E-state index in [2.05, 4.69) is 43.5 Å². The van der Waals surface area contributed by atoms with Crippen molar-refractivity contribution in [2.24, 2.45) is 0 Å². The fourth-order valence-corrected chi connectivity index (χ4v) is 4.89. The molecule has 0 aliphatic carbocycles. The predicted octanol–water partition coefficient (Wildman–Crippen LogP) is 6.77. The minimum Gasteiger partial charge on any atom is -0.480 e. The topological polar surface area (TPSA) is 169 Å². The quantitative estimate of drug-likeness (QED) is 0.0283. The molecule has 0 aromatic carbocycles. The van der Waals surface area contributed by atoms with Crippen LogP contribution in [0.1, 0.15) is 129 Å². The van der Waals surface area contributed by atoms with Gasteiger partial charge in [-0.05, 0) is 38.5 Å². The molecule has 12 heteroatoms. The minimum absolute atomic E-state index is 0.144. The molecule has 0 aliphatic heterocycles. The van der Waals surface area contributed by atoms with Crippen LogP contribution < -0.4 is 5.32 Å². The average Bonchev–Trinajstić information content (AvgIpc) is 2.98. The Kier molecular flexibility index (Phi) is 27.1. The van der Waals surface area contributed by atoms with Gasteiger partial charge in [0.15, 0.2) is 6.04 Å². The number of rotatable bonds is 30. The van der Waals surface area contributed by atoms with Crippen LogP contribution >= 0.6 is 7.82 Å². The first-order valence-corrected chi connectivity index (χ1v) is 17.9. The lowest BCUT2D eigenvalue weighted by Crippen LogP contribution is -2.43. The fraction of sp³-hybridized carbons (Fsp3) is 0.781. The number of hydrogen-bond donors (Lipinski definition) is 4. The first-order chi connectivity index (χ1) is 21.1. The molecule has 1 amide bonds. The van der Waals surface area contributed by atoms with E-state index in [1.54, 1.807) is 0 Å². The maximum atomic E-state index is 12.1. The van der Waals surface area contributed by atoms with E-state index in [1.807, 2.05) is 0 Å². The van der Waals surface area contributed by atoms with Gasteiger partial charge < -0.3 is 25.2 Å². The second-order valence-corrected chi connectivity index (χ2v) is 12.5. The highest BCUT2D eigenvalue weighted by Gasteiger charge is 2.28. The summed E-state index contributed by atoms with van der Waals surface area (Å²) < 4.78 is 26.5. The van der Waals surface area contributed by atoms with E-state index in [4.69, 9.17) is 13.8 Å². The zero-order chi connectivity index (χ0) is 32.9. The fourth-order valence-electron chi connectivity index (χ4n) is 4.11. The number of phosphoric ester groups is 1. The highest BCUT2D eigenvalue weighted by molar-refractivity contribution is 7.47. The van der Waals surface area contributed by atoms with Gasteiger partial charge in [0.25, 0.3) is 0 Å². The van der Waals surface area contributed by atoms with E-state index in [-0.39, 0.29) is 12.8 Å². The lowest BCUT2D eigenvalue weighted by molar-refractivity contribution is -0.147. The molecule has 0 spiro atoms. The summed E-state index contributed by atoms with van der Waals surface area (Å²) in [4.78, 5) is 45.3. The SMILES string of the molecule is CCC/C=C\C/C=C\CCCCCCCC(=O)OCC(O)COP(=O)(O)OCC(NC(=O)CCCCCCCCC)C(=O)O. The van der Waals surface area contributed by atoms with Crippen molar-refractivity contribution in [2.45, 2.75) is 142 Å². The van der Waals surface area contributed by atoms with Crippen molar-refractivity contribution in [3.8, 4) is 0 Å². The van der Waals surface area contributed by atoms with Gasteiger partial charge in [0.1, 0.15) is 12.7 Å². The number of carboxylic acid groups (broad SMARTS) is 1. The van der Waals surface area contributed by atoms with Gasteiger partial charge in [-0.25, -0.2) is 9.36 Å². The number of nitrogens with one attached hydrogen (secondary N) is 1. The number of hydrogen-bond acceptors (Lipinski definition) is 8. The predicted molar refractivity (Wildman–Crippen MR) is 171 cm³/mol. The number of allylic oxidation sites excluding steroid dienone is 4. The first kappa shape index (κ1) is 42.0. The summed E-state index contributed by atoms with van der Waals surface area (Å²) in [7, 11) is -4.74. The molecule has 11 nitrogen and oxygen atoms in total. The molecule has 3 unspecified atom stereocenters. The smallest absolute Gasteiger partial charge is 0.472 e. The standard InChI is InChI=1S/C32H58NO10P/c1-3-5-7-9-11-12-13-14-15-16-18-20-22-24-31(36)41-25-28(34)26-42-44(39,40)43-27-29(32(37)38)33-30(35)23-21-19-17-10-8-6-4-2/h7,9,12-13,28-29,34H,3-6,8,10-11,14-27H2,1-2H3,(H,33,35)(H,37,38)(H,39,40)/b9-7-,13-12-. The van der Waals surface area contributed by atoms with Crippen LogP contribution in [-0.4, -0.2) is 64.9 Å². The summed E-state index contributed by atoms with van der Waals surface area (Å²) in [6, 6.07) is -1.54. The Hall–Kier alpha value is -2.04.